The van der Waals surface area contributed by atoms with Crippen LogP contribution in [-0.2, 0) is 34.2 Å². The van der Waals surface area contributed by atoms with Crippen molar-refractivity contribution >= 4 is 138 Å². The first kappa shape index (κ1) is 78.7. The number of hydrogen-bond acceptors (Lipinski definition) is 23. The van der Waals surface area contributed by atoms with E-state index in [-0.39, 0.29) is 90.9 Å². The highest BCUT2D eigenvalue weighted by Crippen LogP contribution is 2.37. The molecule has 5 heterocycles. The minimum atomic E-state index is -4.46. The number of methoxy groups -OCH3 is 2. The van der Waals surface area contributed by atoms with Crippen LogP contribution in [0, 0.1) is 6.92 Å². The molecule has 9 N–H and O–H groups in total. The van der Waals surface area contributed by atoms with Gasteiger partial charge in [-0.25, -0.2) is 32.3 Å². The number of alkyl halides is 4. The van der Waals surface area contributed by atoms with Gasteiger partial charge in [-0.05, 0) is 89.0 Å². The smallest absolute Gasteiger partial charge is 0.355 e. The van der Waals surface area contributed by atoms with Gasteiger partial charge in [0, 0.05) is 45.7 Å². The van der Waals surface area contributed by atoms with Crippen molar-refractivity contribution in [1.29, 1.82) is 0 Å². The van der Waals surface area contributed by atoms with E-state index in [2.05, 4.69) is 55.7 Å². The van der Waals surface area contributed by atoms with Crippen LogP contribution < -0.4 is 55.9 Å². The Kier molecular flexibility index (Phi) is 30.4. The molecule has 32 nitrogen and oxygen atoms in total. The maximum Gasteiger partial charge on any atom is 0.355 e. The maximum atomic E-state index is 12.8. The molecule has 0 saturated carbocycles. The molecule has 0 aliphatic carbocycles. The predicted molar refractivity (Wildman–Crippen MR) is 342 cm³/mol. The number of sulfonamides is 2. The van der Waals surface area contributed by atoms with Gasteiger partial charge in [-0.2, -0.15) is 46.8 Å². The Balaban J connectivity index is 0.000000312. The number of aliphatic carboxylic acids is 1. The number of nitrogens with one attached hydrogen (secondary N) is 5. The van der Waals surface area contributed by atoms with Gasteiger partial charge in [0.05, 0.1) is 65.3 Å². The fraction of sp³-hybridized carbons (Fsp3) is 0.400. The van der Waals surface area contributed by atoms with E-state index in [1.54, 1.807) is 9.62 Å². The summed E-state index contributed by atoms with van der Waals surface area (Å²) in [5, 5.41) is 19.7. The average molecular weight is 1450 g/mol. The van der Waals surface area contributed by atoms with Gasteiger partial charge in [0.25, 0.3) is 21.8 Å². The summed E-state index contributed by atoms with van der Waals surface area (Å²) in [6.07, 6.45) is 2.09. The van der Waals surface area contributed by atoms with Crippen LogP contribution in [0.2, 0.25) is 15.3 Å². The first-order valence-electron chi connectivity index (χ1n) is 26.2. The lowest BCUT2D eigenvalue weighted by molar-refractivity contribution is -0.138. The fourth-order valence-electron chi connectivity index (χ4n) is 6.96. The summed E-state index contributed by atoms with van der Waals surface area (Å²) in [4.78, 5) is 92.2. The molecule has 3 unspecified atom stereocenters. The second kappa shape index (κ2) is 35.5. The highest BCUT2D eigenvalue weighted by atomic mass is 35.5. The van der Waals surface area contributed by atoms with Gasteiger partial charge < -0.3 is 50.4 Å². The molecule has 42 heteroatoms. The van der Waals surface area contributed by atoms with E-state index in [0.717, 1.165) is 24.6 Å². The van der Waals surface area contributed by atoms with Crippen LogP contribution in [-0.4, -0.2) is 183 Å². The standard InChI is InChI=1S/C15H18N6O6S.C11H10Cl2F2N4O3S.C11H11Cl2NO2.C8H14ClN5.C5H12NO4P/c1-21(2)13(22)9-6-5-7-16-12(9)28(24,25)20-15(23)19-14-17-10(26-3)8-11(18-14)27-4;1-5-16-19(11(20)18(5)10(14)15)9-4-8(17-23(2,21)22)6(12)3-7(9)13;1-7-6-16-9-5-3-2-4-8(9)14(7)11(15)10(12)13;1-4-10-7-12-6(9)13-8(14-7)11-5(2)3;1-11(9,10)3-2-4(6)5(7)8/h5-8H,1-4H3,(H2,17,18,19,20,23);3-4,10,17H,1-2H3;2-5,7,10H,6H2,1H3;5H,4H2,1-3H3,(H2,10,11,12,13,14);4H,2-3,6H2,1H3,(H,7,8)(H,9,10). The molecule has 0 spiro atoms. The minimum Gasteiger partial charge on any atom is -0.489 e. The molecule has 1 aliphatic rings. The number of urea groups is 1. The fourth-order valence-corrected chi connectivity index (χ4v) is 10.3. The highest BCUT2D eigenvalue weighted by Gasteiger charge is 2.32. The molecule has 0 saturated heterocycles. The van der Waals surface area contributed by atoms with Crippen molar-refractivity contribution in [3.8, 4) is 23.2 Å². The molecule has 6 aromatic rings. The predicted octanol–water partition coefficient (Wildman–Crippen LogP) is 6.59. The molecule has 4 aromatic heterocycles. The molecule has 3 atom stereocenters. The number of para-hydroxylation sites is 2. The Labute approximate surface area is 551 Å². The summed E-state index contributed by atoms with van der Waals surface area (Å²) in [5.41, 5.74) is 4.35. The number of aryl methyl sites for hydroxylation is 1. The molecule has 1 aliphatic heterocycles. The van der Waals surface area contributed by atoms with Crippen molar-refractivity contribution in [2.75, 3.05) is 86.1 Å². The Morgan fingerprint density at radius 2 is 1.52 bits per heavy atom. The van der Waals surface area contributed by atoms with E-state index in [4.69, 9.17) is 87.9 Å². The molecule has 92 heavy (non-hydrogen) atoms. The first-order chi connectivity index (χ1) is 42.7. The largest absolute Gasteiger partial charge is 0.489 e. The summed E-state index contributed by atoms with van der Waals surface area (Å²) in [6, 6.07) is 11.7. The number of carboxylic acid groups (broad SMARTS) is 1. The first-order valence-corrected chi connectivity index (χ1v) is 33.8. The molecular formula is C50H65Cl5F2N17O15PS2. The number of carboxylic acids is 1. The maximum absolute atomic E-state index is 12.8. The number of anilines is 5. The van der Waals surface area contributed by atoms with Crippen molar-refractivity contribution < 1.29 is 73.6 Å². The van der Waals surface area contributed by atoms with E-state index < -0.39 is 73.5 Å². The van der Waals surface area contributed by atoms with Gasteiger partial charge in [-0.3, -0.25) is 29.0 Å². The van der Waals surface area contributed by atoms with Crippen LogP contribution >= 0.6 is 65.4 Å². The normalized spacial score (nSPS) is 13.4. The second-order valence-electron chi connectivity index (χ2n) is 19.2. The number of halogens is 7. The molecule has 0 fully saturated rings. The van der Waals surface area contributed by atoms with E-state index in [0.29, 0.717) is 28.9 Å². The lowest BCUT2D eigenvalue weighted by atomic mass is 10.1. The van der Waals surface area contributed by atoms with Crippen LogP contribution in [0.15, 0.2) is 70.6 Å². The molecule has 0 radical (unpaired) electrons. The summed E-state index contributed by atoms with van der Waals surface area (Å²) in [6.45, 7) is 8.40. The van der Waals surface area contributed by atoms with Gasteiger partial charge in [-0.1, -0.05) is 58.5 Å². The SMILES string of the molecule is CC1COc2ccccc2N1C(=O)C(Cl)Cl.CCNc1nc(Cl)nc(NC(C)C)n1.COc1cc(OC)nc(NC(=O)NS(=O)(=O)c2ncccc2C(=O)N(C)C)n1.CP(=O)(O)CCC(N)C(=O)O.Cc1nn(-c2cc(NS(C)(=O)=O)c(Cl)cc2Cl)c(=O)n1C(F)F. The average Bonchev–Trinajstić information content (AvgIpc) is 1.47. The summed E-state index contributed by atoms with van der Waals surface area (Å²) >= 11 is 28.8. The second-order valence-corrected chi connectivity index (χ2v) is 27.3. The van der Waals surface area contributed by atoms with Crippen LogP contribution in [0.5, 0.6) is 17.5 Å². The van der Waals surface area contributed by atoms with Gasteiger partial charge in [-0.15, -0.1) is 5.10 Å². The Hall–Kier alpha value is -7.54. The number of carbonyl (C=O) groups excluding carboxylic acids is 3. The lowest BCUT2D eigenvalue weighted by Crippen LogP contribution is -2.47. The monoisotopic (exact) mass is 1450 g/mol. The number of hydrogen-bond donors (Lipinski definition) is 8. The number of ether oxygens (including phenoxy) is 3. The van der Waals surface area contributed by atoms with Crippen LogP contribution in [0.4, 0.5) is 42.8 Å². The lowest BCUT2D eigenvalue weighted by Gasteiger charge is -2.35. The van der Waals surface area contributed by atoms with E-state index >= 15 is 0 Å². The van der Waals surface area contributed by atoms with Crippen LogP contribution in [0.3, 0.4) is 0 Å². The van der Waals surface area contributed by atoms with Crippen LogP contribution in [0.25, 0.3) is 5.69 Å². The zero-order chi connectivity index (χ0) is 69.7. The van der Waals surface area contributed by atoms with Crippen molar-refractivity contribution in [1.82, 2.24) is 53.9 Å². The van der Waals surface area contributed by atoms with Crippen molar-refractivity contribution in [3.63, 3.8) is 0 Å². The summed E-state index contributed by atoms with van der Waals surface area (Å²) in [7, 11) is -5.60. The number of carbonyl (C=O) groups is 4. The van der Waals surface area contributed by atoms with Gasteiger partial charge in [0.15, 0.2) is 17.2 Å². The Morgan fingerprint density at radius 3 is 2.04 bits per heavy atom. The number of pyridine rings is 1. The summed E-state index contributed by atoms with van der Waals surface area (Å²) < 4.78 is 104. The molecule has 4 amide bonds. The van der Waals surface area contributed by atoms with E-state index in [1.807, 2.05) is 52.0 Å². The molecular weight excluding hydrogens is 1390 g/mol. The number of aromatic nitrogens is 9. The number of benzene rings is 2. The van der Waals surface area contributed by atoms with Gasteiger partial charge in [0.1, 0.15) is 24.2 Å². The molecule has 0 bridgehead atoms. The zero-order valence-corrected chi connectivity index (χ0v) is 56.9. The third kappa shape index (κ3) is 24.8. The van der Waals surface area contributed by atoms with Crippen molar-refractivity contribution in [2.24, 2.45) is 5.73 Å². The summed E-state index contributed by atoms with van der Waals surface area (Å²) in [5.74, 6) is -0.667. The van der Waals surface area contributed by atoms with Gasteiger partial charge >= 0.3 is 24.2 Å². The van der Waals surface area contributed by atoms with Crippen molar-refractivity contribution in [3.05, 3.63) is 98.0 Å². The molecule has 506 valence electrons. The van der Waals surface area contributed by atoms with Crippen molar-refractivity contribution in [2.45, 2.75) is 75.6 Å². The van der Waals surface area contributed by atoms with E-state index in [1.165, 1.54) is 77.3 Å². The minimum absolute atomic E-state index is 0.0257. The van der Waals surface area contributed by atoms with Gasteiger partial charge in [0.2, 0.25) is 44.9 Å². The molecule has 7 rings (SSSR count). The topological polar surface area (TPSA) is 432 Å². The highest BCUT2D eigenvalue weighted by molar-refractivity contribution is 7.92. The number of rotatable bonds is 19. The number of nitrogens with two attached hydrogens (primary N) is 1. The quantitative estimate of drug-likeness (QED) is 0.0313. The Morgan fingerprint density at radius 1 is 0.913 bits per heavy atom. The van der Waals surface area contributed by atoms with Crippen LogP contribution in [0.1, 0.15) is 56.8 Å². The zero-order valence-electron chi connectivity index (χ0n) is 50.6. The number of nitrogens with zero attached hydrogens (tertiary/aromatic N) is 11. The Bertz CT molecular complexity index is 3880. The third-order valence-corrected chi connectivity index (χ3v) is 15.1. The number of amides is 4. The number of fused-ring (bicyclic) bond motifs is 1. The molecule has 2 aromatic carbocycles. The third-order valence-electron chi connectivity index (χ3n) is 11.0. The van der Waals surface area contributed by atoms with E-state index in [9.17, 15) is 54.2 Å².